The van der Waals surface area contributed by atoms with Crippen LogP contribution in [0.15, 0.2) is 0 Å². The summed E-state index contributed by atoms with van der Waals surface area (Å²) < 4.78 is 25.7. The van der Waals surface area contributed by atoms with Gasteiger partial charge >= 0.3 is 0 Å². The zero-order valence-corrected chi connectivity index (χ0v) is 11.6. The Kier molecular flexibility index (Phi) is 5.85. The largest absolute Gasteiger partial charge is 0.395 e. The molecule has 1 saturated heterocycles. The molecule has 1 rings (SSSR count). The van der Waals surface area contributed by atoms with Gasteiger partial charge in [0.1, 0.15) is 0 Å². The SMILES string of the molecule is CCC(C)CS(=O)(=O)N1CCN(CCO)CC1. The standard InChI is InChI=1S/C11H24N2O3S/c1-3-11(2)10-17(15,16)13-6-4-12(5-7-13)8-9-14/h11,14H,3-10H2,1-2H3. The molecule has 0 saturated carbocycles. The zero-order chi connectivity index (χ0) is 12.9. The molecule has 17 heavy (non-hydrogen) atoms. The molecule has 0 aromatic carbocycles. The fraction of sp³-hybridized carbons (Fsp3) is 1.00. The van der Waals surface area contributed by atoms with Crippen LogP contribution in [0.3, 0.4) is 0 Å². The van der Waals surface area contributed by atoms with Gasteiger partial charge in [-0.2, -0.15) is 4.31 Å². The van der Waals surface area contributed by atoms with Crippen LogP contribution in [0, 0.1) is 5.92 Å². The number of hydrogen-bond acceptors (Lipinski definition) is 4. The summed E-state index contributed by atoms with van der Waals surface area (Å²) in [5.74, 6) is 0.472. The highest BCUT2D eigenvalue weighted by Gasteiger charge is 2.27. The summed E-state index contributed by atoms with van der Waals surface area (Å²) in [4.78, 5) is 2.09. The Morgan fingerprint density at radius 2 is 1.82 bits per heavy atom. The van der Waals surface area contributed by atoms with E-state index < -0.39 is 10.0 Å². The minimum atomic E-state index is -3.09. The third-order valence-electron chi connectivity index (χ3n) is 3.33. The van der Waals surface area contributed by atoms with Gasteiger partial charge in [-0.3, -0.25) is 4.90 Å². The van der Waals surface area contributed by atoms with Gasteiger partial charge in [0.2, 0.25) is 10.0 Å². The predicted molar refractivity (Wildman–Crippen MR) is 68.3 cm³/mol. The molecule has 1 aliphatic heterocycles. The number of sulfonamides is 1. The van der Waals surface area contributed by atoms with Crippen molar-refractivity contribution in [2.45, 2.75) is 20.3 Å². The fourth-order valence-corrected chi connectivity index (χ4v) is 3.84. The topological polar surface area (TPSA) is 60.9 Å². The van der Waals surface area contributed by atoms with Crippen molar-refractivity contribution >= 4 is 10.0 Å². The molecule has 0 spiro atoms. The van der Waals surface area contributed by atoms with E-state index in [1.54, 1.807) is 4.31 Å². The summed E-state index contributed by atoms with van der Waals surface area (Å²) in [6.45, 7) is 7.32. The maximum Gasteiger partial charge on any atom is 0.214 e. The lowest BCUT2D eigenvalue weighted by atomic mass is 10.2. The first kappa shape index (κ1) is 14.9. The molecule has 0 bridgehead atoms. The van der Waals surface area contributed by atoms with Gasteiger partial charge in [-0.05, 0) is 5.92 Å². The van der Waals surface area contributed by atoms with E-state index in [1.807, 2.05) is 13.8 Å². The van der Waals surface area contributed by atoms with Crippen LogP contribution in [0.1, 0.15) is 20.3 Å². The molecular formula is C11H24N2O3S. The predicted octanol–water partition coefficient (Wildman–Crippen LogP) is -0.0278. The van der Waals surface area contributed by atoms with Crippen LogP contribution in [0.2, 0.25) is 0 Å². The van der Waals surface area contributed by atoms with Crippen LogP contribution in [-0.2, 0) is 10.0 Å². The molecule has 1 fully saturated rings. The highest BCUT2D eigenvalue weighted by atomic mass is 32.2. The molecule has 0 aromatic heterocycles. The summed E-state index contributed by atoms with van der Waals surface area (Å²) in [6, 6.07) is 0. The summed E-state index contributed by atoms with van der Waals surface area (Å²) in [7, 11) is -3.09. The molecular weight excluding hydrogens is 240 g/mol. The highest BCUT2D eigenvalue weighted by Crippen LogP contribution is 2.12. The second-order valence-electron chi connectivity index (χ2n) is 4.76. The average Bonchev–Trinajstić information content (AvgIpc) is 2.29. The second-order valence-corrected chi connectivity index (χ2v) is 6.77. The van der Waals surface area contributed by atoms with Crippen molar-refractivity contribution < 1.29 is 13.5 Å². The Bertz CT molecular complexity index is 311. The van der Waals surface area contributed by atoms with Crippen LogP contribution >= 0.6 is 0 Å². The summed E-state index contributed by atoms with van der Waals surface area (Å²) in [6.07, 6.45) is 0.893. The van der Waals surface area contributed by atoms with Gasteiger partial charge in [0.25, 0.3) is 0 Å². The van der Waals surface area contributed by atoms with Gasteiger partial charge < -0.3 is 5.11 Å². The molecule has 0 aliphatic carbocycles. The fourth-order valence-electron chi connectivity index (χ4n) is 1.96. The Balaban J connectivity index is 2.47. The molecule has 1 aliphatic rings. The third kappa shape index (κ3) is 4.54. The molecule has 102 valence electrons. The van der Waals surface area contributed by atoms with E-state index in [0.29, 0.717) is 19.6 Å². The van der Waals surface area contributed by atoms with Crippen molar-refractivity contribution in [3.63, 3.8) is 0 Å². The Morgan fingerprint density at radius 1 is 1.24 bits per heavy atom. The van der Waals surface area contributed by atoms with E-state index in [4.69, 9.17) is 5.11 Å². The number of piperazine rings is 1. The van der Waals surface area contributed by atoms with Crippen LogP contribution in [0.4, 0.5) is 0 Å². The number of rotatable bonds is 6. The first-order valence-electron chi connectivity index (χ1n) is 6.30. The van der Waals surface area contributed by atoms with Crippen LogP contribution in [-0.4, -0.2) is 67.8 Å². The molecule has 0 aromatic rings. The molecule has 5 nitrogen and oxygen atoms in total. The van der Waals surface area contributed by atoms with Crippen molar-refractivity contribution in [2.24, 2.45) is 5.92 Å². The van der Waals surface area contributed by atoms with Gasteiger partial charge in [0.05, 0.1) is 12.4 Å². The summed E-state index contributed by atoms with van der Waals surface area (Å²) in [5, 5.41) is 8.82. The molecule has 1 heterocycles. The number of aliphatic hydroxyl groups excluding tert-OH is 1. The molecule has 1 N–H and O–H groups in total. The summed E-state index contributed by atoms with van der Waals surface area (Å²) in [5.41, 5.74) is 0. The molecule has 1 unspecified atom stereocenters. The smallest absolute Gasteiger partial charge is 0.214 e. The normalized spacial score (nSPS) is 21.6. The highest BCUT2D eigenvalue weighted by molar-refractivity contribution is 7.89. The van der Waals surface area contributed by atoms with Crippen molar-refractivity contribution in [1.82, 2.24) is 9.21 Å². The van der Waals surface area contributed by atoms with Crippen molar-refractivity contribution in [3.05, 3.63) is 0 Å². The van der Waals surface area contributed by atoms with Gasteiger partial charge in [0, 0.05) is 32.7 Å². The van der Waals surface area contributed by atoms with Crippen LogP contribution in [0.5, 0.6) is 0 Å². The first-order chi connectivity index (χ1) is 7.99. The first-order valence-corrected chi connectivity index (χ1v) is 7.91. The zero-order valence-electron chi connectivity index (χ0n) is 10.8. The maximum atomic E-state index is 12.1. The van der Waals surface area contributed by atoms with Gasteiger partial charge in [-0.15, -0.1) is 0 Å². The minimum absolute atomic E-state index is 0.139. The number of nitrogens with zero attached hydrogens (tertiary/aromatic N) is 2. The average molecular weight is 264 g/mol. The monoisotopic (exact) mass is 264 g/mol. The molecule has 6 heteroatoms. The van der Waals surface area contributed by atoms with Gasteiger partial charge in [-0.1, -0.05) is 20.3 Å². The van der Waals surface area contributed by atoms with E-state index in [9.17, 15) is 8.42 Å². The van der Waals surface area contributed by atoms with Crippen LogP contribution in [0.25, 0.3) is 0 Å². The van der Waals surface area contributed by atoms with E-state index >= 15 is 0 Å². The van der Waals surface area contributed by atoms with Crippen LogP contribution < -0.4 is 0 Å². The number of β-amino-alcohol motifs (C(OH)–C–C–N with tert-alkyl or cyclic N) is 1. The van der Waals surface area contributed by atoms with E-state index in [2.05, 4.69) is 4.90 Å². The van der Waals surface area contributed by atoms with Gasteiger partial charge in [0.15, 0.2) is 0 Å². The van der Waals surface area contributed by atoms with Crippen molar-refractivity contribution in [1.29, 1.82) is 0 Å². The van der Waals surface area contributed by atoms with Gasteiger partial charge in [-0.25, -0.2) is 8.42 Å². The third-order valence-corrected chi connectivity index (χ3v) is 5.48. The summed E-state index contributed by atoms with van der Waals surface area (Å²) >= 11 is 0. The van der Waals surface area contributed by atoms with E-state index in [-0.39, 0.29) is 18.3 Å². The molecule has 0 radical (unpaired) electrons. The quantitative estimate of drug-likeness (QED) is 0.732. The van der Waals surface area contributed by atoms with E-state index in [1.165, 1.54) is 0 Å². The van der Waals surface area contributed by atoms with Crippen molar-refractivity contribution in [3.8, 4) is 0 Å². The lowest BCUT2D eigenvalue weighted by Crippen LogP contribution is -2.50. The number of aliphatic hydroxyl groups is 1. The Morgan fingerprint density at radius 3 is 2.29 bits per heavy atom. The minimum Gasteiger partial charge on any atom is -0.395 e. The molecule has 0 amide bonds. The maximum absolute atomic E-state index is 12.1. The lowest BCUT2D eigenvalue weighted by molar-refractivity contribution is 0.151. The number of hydrogen-bond donors (Lipinski definition) is 1. The van der Waals surface area contributed by atoms with Crippen molar-refractivity contribution in [2.75, 3.05) is 45.1 Å². The molecule has 1 atom stereocenters. The second kappa shape index (κ2) is 6.68. The Labute approximate surface area is 104 Å². The lowest BCUT2D eigenvalue weighted by Gasteiger charge is -2.34. The Hall–Kier alpha value is -0.170. The van der Waals surface area contributed by atoms with E-state index in [0.717, 1.165) is 19.5 Å².